The Balaban J connectivity index is 1.48. The smallest absolute Gasteiger partial charge is 0.416 e. The third-order valence-electron chi connectivity index (χ3n) is 4.95. The van der Waals surface area contributed by atoms with E-state index in [0.717, 1.165) is 40.1 Å². The zero-order valence-corrected chi connectivity index (χ0v) is 15.9. The number of para-hydroxylation sites is 1. The standard InChI is InChI=1S/C24H20F3NO/c1-28(23-14-11-19-6-2-3-8-22(19)29-23)16-17-5-4-7-20(15-17)18-9-12-21(13-10-18)24(25,26)27/h2-15,23H,16H2,1H3. The summed E-state index contributed by atoms with van der Waals surface area (Å²) in [6, 6.07) is 21.0. The number of nitrogens with zero attached hydrogens (tertiary/aromatic N) is 1. The first-order valence-electron chi connectivity index (χ1n) is 9.31. The minimum absolute atomic E-state index is 0.181. The molecule has 0 aliphatic carbocycles. The number of rotatable bonds is 4. The summed E-state index contributed by atoms with van der Waals surface area (Å²) in [7, 11) is 1.98. The van der Waals surface area contributed by atoms with Gasteiger partial charge in [-0.3, -0.25) is 4.90 Å². The van der Waals surface area contributed by atoms with Crippen molar-refractivity contribution < 1.29 is 17.9 Å². The van der Waals surface area contributed by atoms with E-state index in [4.69, 9.17) is 4.74 Å². The first-order chi connectivity index (χ1) is 13.9. The Kier molecular flexibility index (Phi) is 5.16. The highest BCUT2D eigenvalue weighted by Gasteiger charge is 2.30. The molecule has 29 heavy (non-hydrogen) atoms. The van der Waals surface area contributed by atoms with Crippen molar-refractivity contribution in [2.75, 3.05) is 7.05 Å². The lowest BCUT2D eigenvalue weighted by atomic mass is 10.0. The zero-order chi connectivity index (χ0) is 20.4. The number of fused-ring (bicyclic) bond motifs is 1. The molecule has 0 radical (unpaired) electrons. The van der Waals surface area contributed by atoms with E-state index in [2.05, 4.69) is 11.0 Å². The van der Waals surface area contributed by atoms with E-state index in [1.54, 1.807) is 0 Å². The predicted octanol–water partition coefficient (Wildman–Crippen LogP) is 6.24. The van der Waals surface area contributed by atoms with E-state index in [0.29, 0.717) is 6.54 Å². The normalized spacial score (nSPS) is 15.8. The van der Waals surface area contributed by atoms with Crippen molar-refractivity contribution in [1.82, 2.24) is 4.90 Å². The first-order valence-corrected chi connectivity index (χ1v) is 9.31. The molecule has 1 heterocycles. The van der Waals surface area contributed by atoms with Gasteiger partial charge in [-0.15, -0.1) is 0 Å². The zero-order valence-electron chi connectivity index (χ0n) is 15.9. The van der Waals surface area contributed by atoms with Crippen LogP contribution in [0.15, 0.2) is 78.9 Å². The Labute approximate surface area is 167 Å². The highest BCUT2D eigenvalue weighted by Crippen LogP contribution is 2.31. The van der Waals surface area contributed by atoms with Gasteiger partial charge in [-0.2, -0.15) is 13.2 Å². The molecular weight excluding hydrogens is 375 g/mol. The monoisotopic (exact) mass is 395 g/mol. The number of ether oxygens (including phenoxy) is 1. The van der Waals surface area contributed by atoms with Gasteiger partial charge in [0.1, 0.15) is 5.75 Å². The van der Waals surface area contributed by atoms with Crippen molar-refractivity contribution in [1.29, 1.82) is 0 Å². The van der Waals surface area contributed by atoms with Crippen LogP contribution in [0, 0.1) is 0 Å². The molecule has 2 nitrogen and oxygen atoms in total. The average molecular weight is 395 g/mol. The van der Waals surface area contributed by atoms with E-state index < -0.39 is 11.7 Å². The van der Waals surface area contributed by atoms with E-state index >= 15 is 0 Å². The molecule has 1 aliphatic heterocycles. The highest BCUT2D eigenvalue weighted by atomic mass is 19.4. The minimum Gasteiger partial charge on any atom is -0.471 e. The van der Waals surface area contributed by atoms with Crippen molar-refractivity contribution >= 4 is 6.08 Å². The van der Waals surface area contributed by atoms with Gasteiger partial charge in [0.25, 0.3) is 0 Å². The number of halogens is 3. The number of hydrogen-bond donors (Lipinski definition) is 0. The predicted molar refractivity (Wildman–Crippen MR) is 108 cm³/mol. The number of alkyl halides is 3. The van der Waals surface area contributed by atoms with E-state index in [9.17, 15) is 13.2 Å². The van der Waals surface area contributed by atoms with Crippen LogP contribution in [0.2, 0.25) is 0 Å². The van der Waals surface area contributed by atoms with Gasteiger partial charge in [0, 0.05) is 12.1 Å². The molecule has 0 saturated carbocycles. The Morgan fingerprint density at radius 2 is 1.66 bits per heavy atom. The molecule has 0 aromatic heterocycles. The molecule has 3 aromatic rings. The van der Waals surface area contributed by atoms with Crippen molar-refractivity contribution in [3.05, 3.63) is 95.6 Å². The molecule has 1 aliphatic rings. The molecule has 4 rings (SSSR count). The van der Waals surface area contributed by atoms with Crippen molar-refractivity contribution in [3.8, 4) is 16.9 Å². The van der Waals surface area contributed by atoms with Crippen LogP contribution in [0.1, 0.15) is 16.7 Å². The number of benzene rings is 3. The quantitative estimate of drug-likeness (QED) is 0.519. The second-order valence-corrected chi connectivity index (χ2v) is 7.10. The summed E-state index contributed by atoms with van der Waals surface area (Å²) in [6.07, 6.45) is -0.435. The third-order valence-corrected chi connectivity index (χ3v) is 4.95. The van der Waals surface area contributed by atoms with Crippen molar-refractivity contribution in [3.63, 3.8) is 0 Å². The Morgan fingerprint density at radius 1 is 0.897 bits per heavy atom. The van der Waals surface area contributed by atoms with E-state index in [-0.39, 0.29) is 6.23 Å². The fourth-order valence-corrected chi connectivity index (χ4v) is 3.40. The van der Waals surface area contributed by atoms with Gasteiger partial charge in [-0.05, 0) is 54.1 Å². The van der Waals surface area contributed by atoms with Crippen LogP contribution >= 0.6 is 0 Å². The second-order valence-electron chi connectivity index (χ2n) is 7.10. The van der Waals surface area contributed by atoms with Crippen molar-refractivity contribution in [2.45, 2.75) is 18.9 Å². The van der Waals surface area contributed by atoms with Crippen molar-refractivity contribution in [2.24, 2.45) is 0 Å². The van der Waals surface area contributed by atoms with E-state index in [1.165, 1.54) is 12.1 Å². The SMILES string of the molecule is CN(Cc1cccc(-c2ccc(C(F)(F)F)cc2)c1)C1C=Cc2ccccc2O1. The largest absolute Gasteiger partial charge is 0.471 e. The van der Waals surface area contributed by atoms with Gasteiger partial charge in [-0.1, -0.05) is 54.6 Å². The maximum atomic E-state index is 12.8. The summed E-state index contributed by atoms with van der Waals surface area (Å²) in [5, 5.41) is 0. The van der Waals surface area contributed by atoms with Crippen LogP contribution in [0.3, 0.4) is 0 Å². The number of likely N-dealkylation sites (N-methyl/N-ethyl adjacent to an activating group) is 1. The van der Waals surface area contributed by atoms with Gasteiger partial charge in [-0.25, -0.2) is 0 Å². The summed E-state index contributed by atoms with van der Waals surface area (Å²) in [5.74, 6) is 0.852. The Morgan fingerprint density at radius 3 is 2.41 bits per heavy atom. The van der Waals surface area contributed by atoms with E-state index in [1.807, 2.05) is 61.7 Å². The molecular formula is C24H20F3NO. The molecule has 1 unspecified atom stereocenters. The summed E-state index contributed by atoms with van der Waals surface area (Å²) < 4.78 is 44.4. The van der Waals surface area contributed by atoms with Gasteiger partial charge in [0.2, 0.25) is 0 Å². The van der Waals surface area contributed by atoms with Crippen LogP contribution in [-0.4, -0.2) is 18.2 Å². The van der Waals surface area contributed by atoms with Crippen LogP contribution in [0.5, 0.6) is 5.75 Å². The Bertz CT molecular complexity index is 1020. The molecule has 0 bridgehead atoms. The van der Waals surface area contributed by atoms with Gasteiger partial charge >= 0.3 is 6.18 Å². The lowest BCUT2D eigenvalue weighted by Crippen LogP contribution is -2.35. The van der Waals surface area contributed by atoms with Crippen LogP contribution < -0.4 is 4.74 Å². The highest BCUT2D eigenvalue weighted by molar-refractivity contribution is 5.64. The molecule has 0 N–H and O–H groups in total. The molecule has 0 spiro atoms. The van der Waals surface area contributed by atoms with Crippen LogP contribution in [0.4, 0.5) is 13.2 Å². The lowest BCUT2D eigenvalue weighted by Gasteiger charge is -2.29. The molecule has 3 aromatic carbocycles. The maximum Gasteiger partial charge on any atom is 0.416 e. The van der Waals surface area contributed by atoms with Crippen LogP contribution in [-0.2, 0) is 12.7 Å². The average Bonchev–Trinajstić information content (AvgIpc) is 2.73. The fourth-order valence-electron chi connectivity index (χ4n) is 3.40. The first kappa shape index (κ1) is 19.3. The third kappa shape index (κ3) is 4.35. The summed E-state index contributed by atoms with van der Waals surface area (Å²) in [4.78, 5) is 2.08. The minimum atomic E-state index is -4.32. The molecule has 148 valence electrons. The summed E-state index contributed by atoms with van der Waals surface area (Å²) >= 11 is 0. The Hall–Kier alpha value is -3.05. The van der Waals surface area contributed by atoms with Crippen LogP contribution in [0.25, 0.3) is 17.2 Å². The second kappa shape index (κ2) is 7.76. The topological polar surface area (TPSA) is 12.5 Å². The van der Waals surface area contributed by atoms with Gasteiger partial charge in [0.05, 0.1) is 5.56 Å². The van der Waals surface area contributed by atoms with Gasteiger partial charge in [0.15, 0.2) is 6.23 Å². The molecule has 0 amide bonds. The summed E-state index contributed by atoms with van der Waals surface area (Å²) in [6.45, 7) is 0.644. The maximum absolute atomic E-state index is 12.8. The molecule has 1 atom stereocenters. The number of hydrogen-bond acceptors (Lipinski definition) is 2. The summed E-state index contributed by atoms with van der Waals surface area (Å²) in [5.41, 5.74) is 3.11. The molecule has 0 fully saturated rings. The lowest BCUT2D eigenvalue weighted by molar-refractivity contribution is -0.137. The van der Waals surface area contributed by atoms with Gasteiger partial charge < -0.3 is 4.74 Å². The molecule has 0 saturated heterocycles. The molecule has 5 heteroatoms. The fraction of sp³-hybridized carbons (Fsp3) is 0.167.